The van der Waals surface area contributed by atoms with Gasteiger partial charge >= 0.3 is 0 Å². The van der Waals surface area contributed by atoms with E-state index in [4.69, 9.17) is 4.74 Å². The smallest absolute Gasteiger partial charge is 0.159 e. The van der Waals surface area contributed by atoms with E-state index in [2.05, 4.69) is 0 Å². The summed E-state index contributed by atoms with van der Waals surface area (Å²) in [6.07, 6.45) is 3.95. The molecule has 2 rings (SSSR count). The number of ketones is 1. The Balaban J connectivity index is 2.17. The van der Waals surface area contributed by atoms with Gasteiger partial charge in [-0.1, -0.05) is 18.9 Å². The SMILES string of the molecule is COc1cc(C(C)=O)ccc1S[C@H]1CCCC[C@@H]1O. The van der Waals surface area contributed by atoms with Gasteiger partial charge in [-0.2, -0.15) is 0 Å². The molecule has 104 valence electrons. The van der Waals surface area contributed by atoms with Crippen LogP contribution in [0.4, 0.5) is 0 Å². The molecule has 1 aromatic rings. The van der Waals surface area contributed by atoms with E-state index in [0.29, 0.717) is 5.56 Å². The Morgan fingerprint density at radius 1 is 1.37 bits per heavy atom. The van der Waals surface area contributed by atoms with E-state index in [-0.39, 0.29) is 17.1 Å². The van der Waals surface area contributed by atoms with Crippen LogP contribution in [0.1, 0.15) is 43.0 Å². The Labute approximate surface area is 118 Å². The quantitative estimate of drug-likeness (QED) is 0.860. The van der Waals surface area contributed by atoms with Gasteiger partial charge in [-0.05, 0) is 31.9 Å². The minimum atomic E-state index is -0.240. The zero-order valence-electron chi connectivity index (χ0n) is 11.4. The molecule has 1 aliphatic carbocycles. The third kappa shape index (κ3) is 3.51. The fourth-order valence-electron chi connectivity index (χ4n) is 2.36. The van der Waals surface area contributed by atoms with Crippen molar-refractivity contribution in [3.63, 3.8) is 0 Å². The molecule has 3 nitrogen and oxygen atoms in total. The van der Waals surface area contributed by atoms with E-state index >= 15 is 0 Å². The predicted molar refractivity (Wildman–Crippen MR) is 77.1 cm³/mol. The molecular formula is C15H20O3S. The van der Waals surface area contributed by atoms with Crippen molar-refractivity contribution in [1.82, 2.24) is 0 Å². The van der Waals surface area contributed by atoms with Gasteiger partial charge in [-0.25, -0.2) is 0 Å². The topological polar surface area (TPSA) is 46.5 Å². The second-order valence-electron chi connectivity index (χ2n) is 4.93. The van der Waals surface area contributed by atoms with Gasteiger partial charge in [0.2, 0.25) is 0 Å². The number of carbonyl (C=O) groups is 1. The second kappa shape index (κ2) is 6.44. The van der Waals surface area contributed by atoms with Crippen molar-refractivity contribution in [3.8, 4) is 5.75 Å². The first-order valence-corrected chi connectivity index (χ1v) is 7.53. The highest BCUT2D eigenvalue weighted by Gasteiger charge is 2.25. The number of hydrogen-bond donors (Lipinski definition) is 1. The largest absolute Gasteiger partial charge is 0.496 e. The maximum Gasteiger partial charge on any atom is 0.159 e. The van der Waals surface area contributed by atoms with Gasteiger partial charge in [0, 0.05) is 15.7 Å². The fourth-order valence-corrected chi connectivity index (χ4v) is 3.67. The summed E-state index contributed by atoms with van der Waals surface area (Å²) in [5.74, 6) is 0.753. The van der Waals surface area contributed by atoms with Crippen LogP contribution in [0.15, 0.2) is 23.1 Å². The molecule has 0 bridgehead atoms. The normalized spacial score (nSPS) is 23.1. The Morgan fingerprint density at radius 2 is 2.11 bits per heavy atom. The third-order valence-corrected chi connectivity index (χ3v) is 4.96. The first-order valence-electron chi connectivity index (χ1n) is 6.65. The second-order valence-corrected chi connectivity index (χ2v) is 6.21. The molecule has 1 saturated carbocycles. The lowest BCUT2D eigenvalue weighted by molar-refractivity contribution is 0.101. The molecule has 1 aliphatic rings. The van der Waals surface area contributed by atoms with Crippen LogP contribution in [-0.2, 0) is 0 Å². The van der Waals surface area contributed by atoms with Crippen LogP contribution in [0.5, 0.6) is 5.75 Å². The number of benzene rings is 1. The molecule has 1 N–H and O–H groups in total. The molecule has 19 heavy (non-hydrogen) atoms. The molecular weight excluding hydrogens is 260 g/mol. The van der Waals surface area contributed by atoms with Gasteiger partial charge in [0.15, 0.2) is 5.78 Å². The number of aliphatic hydroxyl groups is 1. The van der Waals surface area contributed by atoms with E-state index in [1.165, 1.54) is 6.42 Å². The van der Waals surface area contributed by atoms with Crippen LogP contribution >= 0.6 is 11.8 Å². The lowest BCUT2D eigenvalue weighted by Gasteiger charge is -2.27. The lowest BCUT2D eigenvalue weighted by atomic mass is 9.97. The number of rotatable bonds is 4. The van der Waals surface area contributed by atoms with Gasteiger partial charge in [-0.15, -0.1) is 11.8 Å². The van der Waals surface area contributed by atoms with Crippen LogP contribution in [0.25, 0.3) is 0 Å². The Hall–Kier alpha value is -1.00. The summed E-state index contributed by atoms with van der Waals surface area (Å²) < 4.78 is 5.36. The molecule has 0 heterocycles. The van der Waals surface area contributed by atoms with E-state index in [9.17, 15) is 9.90 Å². The summed E-state index contributed by atoms with van der Waals surface area (Å²) >= 11 is 1.66. The van der Waals surface area contributed by atoms with E-state index in [1.807, 2.05) is 12.1 Å². The molecule has 4 heteroatoms. The van der Waals surface area contributed by atoms with Crippen LogP contribution < -0.4 is 4.74 Å². The third-order valence-electron chi connectivity index (χ3n) is 3.52. The van der Waals surface area contributed by atoms with Crippen molar-refractivity contribution in [2.75, 3.05) is 7.11 Å². The van der Waals surface area contributed by atoms with E-state index in [0.717, 1.165) is 29.9 Å². The number of methoxy groups -OCH3 is 1. The van der Waals surface area contributed by atoms with Gasteiger partial charge in [-0.3, -0.25) is 4.79 Å². The van der Waals surface area contributed by atoms with E-state index in [1.54, 1.807) is 31.9 Å². The highest BCUT2D eigenvalue weighted by Crippen LogP contribution is 2.38. The van der Waals surface area contributed by atoms with E-state index < -0.39 is 0 Å². The van der Waals surface area contributed by atoms with Crippen molar-refractivity contribution < 1.29 is 14.6 Å². The van der Waals surface area contributed by atoms with Crippen molar-refractivity contribution in [2.24, 2.45) is 0 Å². The fraction of sp³-hybridized carbons (Fsp3) is 0.533. The highest BCUT2D eigenvalue weighted by atomic mass is 32.2. The van der Waals surface area contributed by atoms with Gasteiger partial charge in [0.1, 0.15) is 5.75 Å². The Morgan fingerprint density at radius 3 is 2.74 bits per heavy atom. The number of hydrogen-bond acceptors (Lipinski definition) is 4. The van der Waals surface area contributed by atoms with Crippen molar-refractivity contribution in [1.29, 1.82) is 0 Å². The Bertz CT molecular complexity index is 459. The van der Waals surface area contributed by atoms with Crippen molar-refractivity contribution in [2.45, 2.75) is 48.9 Å². The summed E-state index contributed by atoms with van der Waals surface area (Å²) in [5.41, 5.74) is 0.658. The summed E-state index contributed by atoms with van der Waals surface area (Å²) in [7, 11) is 1.61. The highest BCUT2D eigenvalue weighted by molar-refractivity contribution is 8.00. The summed E-state index contributed by atoms with van der Waals surface area (Å²) in [6.45, 7) is 1.55. The van der Waals surface area contributed by atoms with Gasteiger partial charge in [0.25, 0.3) is 0 Å². The first-order chi connectivity index (χ1) is 9.11. The van der Waals surface area contributed by atoms with Crippen molar-refractivity contribution >= 4 is 17.5 Å². The molecule has 0 unspecified atom stereocenters. The van der Waals surface area contributed by atoms with Crippen LogP contribution in [0.2, 0.25) is 0 Å². The van der Waals surface area contributed by atoms with Gasteiger partial charge < -0.3 is 9.84 Å². The molecule has 1 fully saturated rings. The van der Waals surface area contributed by atoms with Crippen LogP contribution in [-0.4, -0.2) is 29.4 Å². The van der Waals surface area contributed by atoms with Gasteiger partial charge in [0.05, 0.1) is 13.2 Å². The average Bonchev–Trinajstić information content (AvgIpc) is 2.41. The van der Waals surface area contributed by atoms with Crippen LogP contribution in [0.3, 0.4) is 0 Å². The molecule has 0 spiro atoms. The summed E-state index contributed by atoms with van der Waals surface area (Å²) in [6, 6.07) is 5.52. The average molecular weight is 280 g/mol. The first kappa shape index (κ1) is 14.4. The maximum absolute atomic E-state index is 11.4. The molecule has 0 saturated heterocycles. The number of Topliss-reactive ketones (excluding diaryl/α,β-unsaturated/α-hetero) is 1. The zero-order valence-corrected chi connectivity index (χ0v) is 12.2. The maximum atomic E-state index is 11.4. The Kier molecular flexibility index (Phi) is 4.88. The lowest BCUT2D eigenvalue weighted by Crippen LogP contribution is -2.26. The van der Waals surface area contributed by atoms with Crippen LogP contribution in [0, 0.1) is 0 Å². The number of ether oxygens (including phenoxy) is 1. The number of aliphatic hydroxyl groups excluding tert-OH is 1. The predicted octanol–water partition coefficient (Wildman–Crippen LogP) is 3.29. The molecule has 2 atom stereocenters. The monoisotopic (exact) mass is 280 g/mol. The summed E-state index contributed by atoms with van der Waals surface area (Å²) in [5, 5.41) is 10.2. The number of thioether (sulfide) groups is 1. The standard InChI is InChI=1S/C15H20O3S/c1-10(16)11-7-8-15(13(9-11)18-2)19-14-6-4-3-5-12(14)17/h7-9,12,14,17H,3-6H2,1-2H3/t12-,14-/m0/s1. The molecule has 0 aromatic heterocycles. The molecule has 1 aromatic carbocycles. The minimum Gasteiger partial charge on any atom is -0.496 e. The molecule has 0 radical (unpaired) electrons. The molecule has 0 amide bonds. The zero-order chi connectivity index (χ0) is 13.8. The number of carbonyl (C=O) groups excluding carboxylic acids is 1. The summed E-state index contributed by atoms with van der Waals surface area (Å²) in [4.78, 5) is 12.4. The molecule has 0 aliphatic heterocycles. The minimum absolute atomic E-state index is 0.0348. The van der Waals surface area contributed by atoms with Crippen molar-refractivity contribution in [3.05, 3.63) is 23.8 Å².